The highest BCUT2D eigenvalue weighted by Crippen LogP contribution is 2.14. The number of carbonyl (C=O) groups is 1. The fraction of sp³-hybridized carbons (Fsp3) is 0.300. The normalized spacial score (nSPS) is 11.1. The Morgan fingerprint density at radius 3 is 2.65 bits per heavy atom. The van der Waals surface area contributed by atoms with Crippen LogP contribution in [0.2, 0.25) is 0 Å². The Bertz CT molecular complexity index is 392. The second kappa shape index (κ2) is 5.51. The van der Waals surface area contributed by atoms with Gasteiger partial charge in [0.2, 0.25) is 0 Å². The van der Waals surface area contributed by atoms with Gasteiger partial charge in [0.1, 0.15) is 18.2 Å². The monoisotopic (exact) mass is 251 g/mol. The van der Waals surface area contributed by atoms with E-state index in [0.717, 1.165) is 6.07 Å². The summed E-state index contributed by atoms with van der Waals surface area (Å²) < 4.78 is 52.8. The zero-order chi connectivity index (χ0) is 12.9. The highest BCUT2D eigenvalue weighted by atomic mass is 19.4. The van der Waals surface area contributed by atoms with Crippen molar-refractivity contribution in [1.29, 1.82) is 0 Å². The minimum absolute atomic E-state index is 0.175. The summed E-state index contributed by atoms with van der Waals surface area (Å²) >= 11 is 0. The van der Waals surface area contributed by atoms with Crippen LogP contribution in [0.3, 0.4) is 0 Å². The molecular formula is C10H9F4NO2. The van der Waals surface area contributed by atoms with E-state index in [9.17, 15) is 22.4 Å². The van der Waals surface area contributed by atoms with Crippen molar-refractivity contribution in [2.45, 2.75) is 6.18 Å². The Hall–Kier alpha value is -1.79. The number of halogens is 4. The molecule has 0 saturated heterocycles. The van der Waals surface area contributed by atoms with E-state index in [1.54, 1.807) is 5.32 Å². The number of hydrogen-bond donors (Lipinski definition) is 1. The van der Waals surface area contributed by atoms with E-state index in [-0.39, 0.29) is 18.9 Å². The molecule has 0 unspecified atom stereocenters. The largest absolute Gasteiger partial charge is 0.492 e. The van der Waals surface area contributed by atoms with Gasteiger partial charge in [-0.05, 0) is 12.1 Å². The fourth-order valence-electron chi connectivity index (χ4n) is 0.990. The van der Waals surface area contributed by atoms with Crippen LogP contribution in [0.4, 0.5) is 17.6 Å². The van der Waals surface area contributed by atoms with Gasteiger partial charge < -0.3 is 10.1 Å². The van der Waals surface area contributed by atoms with Crippen LogP contribution < -0.4 is 10.1 Å². The molecule has 7 heteroatoms. The van der Waals surface area contributed by atoms with Crippen molar-refractivity contribution < 1.29 is 27.1 Å². The van der Waals surface area contributed by atoms with Gasteiger partial charge in [-0.25, -0.2) is 4.39 Å². The molecular weight excluding hydrogens is 242 g/mol. The Morgan fingerprint density at radius 1 is 1.35 bits per heavy atom. The van der Waals surface area contributed by atoms with Crippen molar-refractivity contribution in [3.63, 3.8) is 0 Å². The van der Waals surface area contributed by atoms with Crippen molar-refractivity contribution in [2.24, 2.45) is 0 Å². The molecule has 0 spiro atoms. The third kappa shape index (κ3) is 4.71. The molecule has 1 rings (SSSR count). The minimum Gasteiger partial charge on any atom is -0.492 e. The van der Waals surface area contributed by atoms with Crippen LogP contribution in [0.1, 0.15) is 0 Å². The van der Waals surface area contributed by atoms with Gasteiger partial charge in [0, 0.05) is 6.07 Å². The molecule has 94 valence electrons. The molecule has 0 aliphatic carbocycles. The van der Waals surface area contributed by atoms with Crippen LogP contribution in [0.15, 0.2) is 24.3 Å². The molecule has 1 aromatic rings. The summed E-state index contributed by atoms with van der Waals surface area (Å²) in [7, 11) is 0. The molecule has 1 aromatic carbocycles. The topological polar surface area (TPSA) is 38.3 Å². The smallest absolute Gasteiger partial charge is 0.471 e. The maximum atomic E-state index is 12.7. The third-order valence-electron chi connectivity index (χ3n) is 1.71. The lowest BCUT2D eigenvalue weighted by Crippen LogP contribution is -2.38. The lowest BCUT2D eigenvalue weighted by molar-refractivity contribution is -0.173. The van der Waals surface area contributed by atoms with E-state index in [4.69, 9.17) is 4.74 Å². The first-order valence-electron chi connectivity index (χ1n) is 4.63. The predicted molar refractivity (Wildman–Crippen MR) is 51.0 cm³/mol. The Kier molecular flexibility index (Phi) is 4.30. The Balaban J connectivity index is 2.28. The van der Waals surface area contributed by atoms with Gasteiger partial charge in [0.15, 0.2) is 0 Å². The molecule has 0 aromatic heterocycles. The number of nitrogens with one attached hydrogen (secondary N) is 1. The number of amides is 1. The molecule has 0 saturated carbocycles. The van der Waals surface area contributed by atoms with Gasteiger partial charge in [-0.15, -0.1) is 0 Å². The van der Waals surface area contributed by atoms with Crippen LogP contribution in [0, 0.1) is 5.82 Å². The fourth-order valence-corrected chi connectivity index (χ4v) is 0.990. The van der Waals surface area contributed by atoms with E-state index in [1.807, 2.05) is 0 Å². The van der Waals surface area contributed by atoms with Crippen LogP contribution in [-0.4, -0.2) is 25.2 Å². The zero-order valence-electron chi connectivity index (χ0n) is 8.55. The molecule has 0 heterocycles. The molecule has 1 N–H and O–H groups in total. The van der Waals surface area contributed by atoms with Gasteiger partial charge in [-0.2, -0.15) is 13.2 Å². The summed E-state index contributed by atoms with van der Waals surface area (Å²) in [6.07, 6.45) is -4.90. The summed E-state index contributed by atoms with van der Waals surface area (Å²) in [6.45, 7) is -0.486. The van der Waals surface area contributed by atoms with E-state index in [1.165, 1.54) is 18.2 Å². The summed E-state index contributed by atoms with van der Waals surface area (Å²) in [4.78, 5) is 10.4. The van der Waals surface area contributed by atoms with Gasteiger partial charge in [-0.3, -0.25) is 4.79 Å². The SMILES string of the molecule is O=C(NCCOc1cccc(F)c1)C(F)(F)F. The molecule has 17 heavy (non-hydrogen) atoms. The molecule has 0 aliphatic rings. The minimum atomic E-state index is -4.90. The summed E-state index contributed by atoms with van der Waals surface area (Å²) in [5, 5.41) is 1.62. The van der Waals surface area contributed by atoms with E-state index in [2.05, 4.69) is 0 Å². The van der Waals surface area contributed by atoms with E-state index < -0.39 is 17.9 Å². The van der Waals surface area contributed by atoms with Crippen molar-refractivity contribution in [3.05, 3.63) is 30.1 Å². The Morgan fingerprint density at radius 2 is 2.06 bits per heavy atom. The van der Waals surface area contributed by atoms with Gasteiger partial charge in [0.05, 0.1) is 6.54 Å². The van der Waals surface area contributed by atoms with Crippen molar-refractivity contribution in [1.82, 2.24) is 5.32 Å². The van der Waals surface area contributed by atoms with Crippen LogP contribution in [-0.2, 0) is 4.79 Å². The zero-order valence-corrected chi connectivity index (χ0v) is 8.55. The van der Waals surface area contributed by atoms with Crippen LogP contribution in [0.25, 0.3) is 0 Å². The van der Waals surface area contributed by atoms with Gasteiger partial charge in [0.25, 0.3) is 0 Å². The van der Waals surface area contributed by atoms with Gasteiger partial charge in [-0.1, -0.05) is 6.07 Å². The van der Waals surface area contributed by atoms with Crippen molar-refractivity contribution in [3.8, 4) is 5.75 Å². The second-order valence-electron chi connectivity index (χ2n) is 3.06. The van der Waals surface area contributed by atoms with Crippen molar-refractivity contribution >= 4 is 5.91 Å². The summed E-state index contributed by atoms with van der Waals surface area (Å²) in [5.41, 5.74) is 0. The first kappa shape index (κ1) is 13.3. The average Bonchev–Trinajstić information content (AvgIpc) is 2.23. The Labute approximate surface area is 94.4 Å². The molecule has 1 amide bonds. The number of benzene rings is 1. The highest BCUT2D eigenvalue weighted by molar-refractivity contribution is 5.81. The summed E-state index contributed by atoms with van der Waals surface area (Å²) in [6, 6.07) is 5.15. The average molecular weight is 251 g/mol. The lowest BCUT2D eigenvalue weighted by atomic mass is 10.3. The number of ether oxygens (including phenoxy) is 1. The first-order valence-corrected chi connectivity index (χ1v) is 4.63. The highest BCUT2D eigenvalue weighted by Gasteiger charge is 2.38. The number of hydrogen-bond acceptors (Lipinski definition) is 2. The molecule has 0 radical (unpaired) electrons. The molecule has 0 fully saturated rings. The third-order valence-corrected chi connectivity index (χ3v) is 1.71. The van der Waals surface area contributed by atoms with Crippen LogP contribution >= 0.6 is 0 Å². The second-order valence-corrected chi connectivity index (χ2v) is 3.06. The maximum Gasteiger partial charge on any atom is 0.471 e. The van der Waals surface area contributed by atoms with E-state index >= 15 is 0 Å². The number of rotatable bonds is 4. The van der Waals surface area contributed by atoms with Crippen molar-refractivity contribution in [2.75, 3.05) is 13.2 Å². The number of alkyl halides is 3. The molecule has 3 nitrogen and oxygen atoms in total. The predicted octanol–water partition coefficient (Wildman–Crippen LogP) is 1.88. The molecule has 0 aliphatic heterocycles. The quantitative estimate of drug-likeness (QED) is 0.655. The maximum absolute atomic E-state index is 12.7. The summed E-state index contributed by atoms with van der Waals surface area (Å²) in [5.74, 6) is -2.35. The lowest BCUT2D eigenvalue weighted by Gasteiger charge is -2.09. The van der Waals surface area contributed by atoms with E-state index in [0.29, 0.717) is 0 Å². The molecule has 0 bridgehead atoms. The molecule has 0 atom stereocenters. The van der Waals surface area contributed by atoms with Gasteiger partial charge >= 0.3 is 12.1 Å². The first-order chi connectivity index (χ1) is 7.89. The van der Waals surface area contributed by atoms with Crippen LogP contribution in [0.5, 0.6) is 5.75 Å². The standard InChI is InChI=1S/C10H9F4NO2/c11-7-2-1-3-8(6-7)17-5-4-15-9(16)10(12,13)14/h1-3,6H,4-5H2,(H,15,16). The number of carbonyl (C=O) groups excluding carboxylic acids is 1.